The van der Waals surface area contributed by atoms with Crippen LogP contribution >= 0.6 is 23.1 Å². The van der Waals surface area contributed by atoms with Crippen LogP contribution in [0.3, 0.4) is 0 Å². The third kappa shape index (κ3) is 4.21. The number of rotatable bonds is 6. The van der Waals surface area contributed by atoms with E-state index >= 15 is 0 Å². The average Bonchev–Trinajstić information content (AvgIpc) is 3.23. The Kier molecular flexibility index (Phi) is 5.27. The lowest BCUT2D eigenvalue weighted by molar-refractivity contribution is -0.779. The Labute approximate surface area is 147 Å². The van der Waals surface area contributed by atoms with Crippen LogP contribution in [0.2, 0.25) is 0 Å². The summed E-state index contributed by atoms with van der Waals surface area (Å²) < 4.78 is 7.58. The molecule has 0 saturated heterocycles. The number of nitrogens with one attached hydrogen (secondary N) is 1. The van der Waals surface area contributed by atoms with Crippen molar-refractivity contribution in [2.75, 3.05) is 11.1 Å². The van der Waals surface area contributed by atoms with Crippen molar-refractivity contribution in [3.8, 4) is 11.3 Å². The molecule has 0 aliphatic carbocycles. The van der Waals surface area contributed by atoms with Gasteiger partial charge < -0.3 is 0 Å². The number of amides is 1. The van der Waals surface area contributed by atoms with E-state index in [2.05, 4.69) is 15.6 Å². The zero-order valence-electron chi connectivity index (χ0n) is 13.3. The van der Waals surface area contributed by atoms with Gasteiger partial charge in [0.05, 0.1) is 11.4 Å². The van der Waals surface area contributed by atoms with Crippen LogP contribution in [0.1, 0.15) is 19.9 Å². The molecule has 8 heteroatoms. The molecule has 0 aliphatic heterocycles. The molecular formula is C16H17N4O2S2+. The molecule has 0 radical (unpaired) electrons. The maximum Gasteiger partial charge on any atom is 0.302 e. The Morgan fingerprint density at radius 2 is 2.17 bits per heavy atom. The second-order valence-corrected chi connectivity index (χ2v) is 7.42. The first kappa shape index (κ1) is 16.7. The van der Waals surface area contributed by atoms with Crippen LogP contribution < -0.4 is 10.00 Å². The number of anilines is 1. The van der Waals surface area contributed by atoms with Crippen LogP contribution in [-0.4, -0.2) is 21.9 Å². The molecular weight excluding hydrogens is 344 g/mol. The fourth-order valence-electron chi connectivity index (χ4n) is 1.92. The molecule has 1 N–H and O–H groups in total. The topological polar surface area (TPSA) is 71.9 Å². The van der Waals surface area contributed by atoms with E-state index in [4.69, 9.17) is 4.52 Å². The van der Waals surface area contributed by atoms with Gasteiger partial charge in [-0.3, -0.25) is 14.6 Å². The molecule has 3 rings (SSSR count). The van der Waals surface area contributed by atoms with Gasteiger partial charge in [-0.2, -0.15) is 0 Å². The summed E-state index contributed by atoms with van der Waals surface area (Å²) in [5.74, 6) is 0.464. The molecule has 0 unspecified atom stereocenters. The predicted octanol–water partition coefficient (Wildman–Crippen LogP) is 3.40. The van der Waals surface area contributed by atoms with Gasteiger partial charge >= 0.3 is 5.88 Å². The van der Waals surface area contributed by atoms with Crippen molar-refractivity contribution in [2.24, 2.45) is 0 Å². The highest BCUT2D eigenvalue weighted by atomic mass is 32.2. The predicted molar refractivity (Wildman–Crippen MR) is 94.0 cm³/mol. The Balaban J connectivity index is 1.54. The molecule has 3 aromatic rings. The SMILES string of the molecule is CC(C)[n+]1cc(NC(=O)CSc2nc(-c3ccccc3)cs2)on1. The van der Waals surface area contributed by atoms with E-state index in [9.17, 15) is 4.79 Å². The second-order valence-electron chi connectivity index (χ2n) is 5.34. The number of carbonyl (C=O) groups excluding carboxylic acids is 1. The van der Waals surface area contributed by atoms with Crippen LogP contribution in [0, 0.1) is 0 Å². The highest BCUT2D eigenvalue weighted by Crippen LogP contribution is 2.28. The van der Waals surface area contributed by atoms with E-state index in [0.717, 1.165) is 15.6 Å². The van der Waals surface area contributed by atoms with E-state index in [1.807, 2.05) is 49.6 Å². The summed E-state index contributed by atoms with van der Waals surface area (Å²) >= 11 is 2.94. The third-order valence-electron chi connectivity index (χ3n) is 3.15. The van der Waals surface area contributed by atoms with Crippen molar-refractivity contribution >= 4 is 34.9 Å². The molecule has 0 aliphatic rings. The minimum absolute atomic E-state index is 0.150. The van der Waals surface area contributed by atoms with Crippen LogP contribution in [0.4, 0.5) is 5.88 Å². The zero-order chi connectivity index (χ0) is 16.9. The van der Waals surface area contributed by atoms with Gasteiger partial charge in [0.1, 0.15) is 0 Å². The number of thioether (sulfide) groups is 1. The van der Waals surface area contributed by atoms with E-state index in [0.29, 0.717) is 5.88 Å². The Morgan fingerprint density at radius 1 is 1.38 bits per heavy atom. The maximum atomic E-state index is 12.0. The van der Waals surface area contributed by atoms with Crippen molar-refractivity contribution in [1.82, 2.24) is 10.3 Å². The first-order valence-electron chi connectivity index (χ1n) is 7.43. The van der Waals surface area contributed by atoms with E-state index in [-0.39, 0.29) is 17.7 Å². The first-order chi connectivity index (χ1) is 11.6. The van der Waals surface area contributed by atoms with Gasteiger partial charge in [0.2, 0.25) is 11.2 Å². The molecule has 0 atom stereocenters. The smallest absolute Gasteiger partial charge is 0.288 e. The number of aromatic nitrogens is 3. The molecule has 2 aromatic heterocycles. The maximum absolute atomic E-state index is 12.0. The summed E-state index contributed by atoms with van der Waals surface area (Å²) in [4.78, 5) is 16.5. The third-order valence-corrected chi connectivity index (χ3v) is 5.18. The lowest BCUT2D eigenvalue weighted by Crippen LogP contribution is -2.36. The van der Waals surface area contributed by atoms with E-state index < -0.39 is 0 Å². The number of benzene rings is 1. The summed E-state index contributed by atoms with van der Waals surface area (Å²) in [6.45, 7) is 3.97. The lowest BCUT2D eigenvalue weighted by Gasteiger charge is -1.97. The molecule has 0 fully saturated rings. The summed E-state index contributed by atoms with van der Waals surface area (Å²) in [5, 5.41) is 8.52. The zero-order valence-corrected chi connectivity index (χ0v) is 14.9. The van der Waals surface area contributed by atoms with Crippen molar-refractivity contribution in [1.29, 1.82) is 0 Å². The summed E-state index contributed by atoms with van der Waals surface area (Å²) in [5.41, 5.74) is 2.00. The fraction of sp³-hybridized carbons (Fsp3) is 0.250. The Morgan fingerprint density at radius 3 is 2.88 bits per heavy atom. The minimum Gasteiger partial charge on any atom is -0.288 e. The normalized spacial score (nSPS) is 11.0. The van der Waals surface area contributed by atoms with Gasteiger partial charge in [0.25, 0.3) is 6.20 Å². The quantitative estimate of drug-likeness (QED) is 0.538. The van der Waals surface area contributed by atoms with Gasteiger partial charge in [0.15, 0.2) is 10.4 Å². The standard InChI is InChI=1S/C16H16N4O2S2/c1-11(2)20-8-15(22-19-20)18-14(21)10-24-16-17-13(9-23-16)12-6-4-3-5-7-12/h3-9,11H,10H2,1-2H3/p+1. The monoisotopic (exact) mass is 361 g/mol. The number of thiazole rings is 1. The van der Waals surface area contributed by atoms with Crippen LogP contribution in [0.15, 0.2) is 50.8 Å². The lowest BCUT2D eigenvalue weighted by atomic mass is 10.2. The first-order valence-corrected chi connectivity index (χ1v) is 9.30. The number of carbonyl (C=O) groups is 1. The van der Waals surface area contributed by atoms with E-state index in [1.165, 1.54) is 23.1 Å². The summed E-state index contributed by atoms with van der Waals surface area (Å²) in [6, 6.07) is 10.2. The van der Waals surface area contributed by atoms with Crippen molar-refractivity contribution in [3.63, 3.8) is 0 Å². The van der Waals surface area contributed by atoms with Gasteiger partial charge in [-0.25, -0.2) is 4.98 Å². The van der Waals surface area contributed by atoms with Crippen molar-refractivity contribution in [3.05, 3.63) is 41.9 Å². The molecule has 1 aromatic carbocycles. The van der Waals surface area contributed by atoms with Crippen molar-refractivity contribution in [2.45, 2.75) is 24.2 Å². The van der Waals surface area contributed by atoms with Gasteiger partial charge in [-0.05, 0) is 18.5 Å². The van der Waals surface area contributed by atoms with Gasteiger partial charge in [-0.15, -0.1) is 11.3 Å². The molecule has 6 nitrogen and oxygen atoms in total. The molecule has 24 heavy (non-hydrogen) atoms. The molecule has 0 spiro atoms. The highest BCUT2D eigenvalue weighted by Gasteiger charge is 2.17. The Hall–Kier alpha value is -2.19. The molecule has 124 valence electrons. The van der Waals surface area contributed by atoms with E-state index in [1.54, 1.807) is 10.9 Å². The fourth-order valence-corrected chi connectivity index (χ4v) is 3.56. The molecule has 0 bridgehead atoms. The largest absolute Gasteiger partial charge is 0.302 e. The molecule has 0 saturated carbocycles. The highest BCUT2D eigenvalue weighted by molar-refractivity contribution is 8.01. The molecule has 1 amide bonds. The minimum atomic E-state index is -0.150. The Bertz CT molecular complexity index is 814. The number of hydrogen-bond donors (Lipinski definition) is 1. The van der Waals surface area contributed by atoms with Crippen LogP contribution in [0.25, 0.3) is 11.3 Å². The summed E-state index contributed by atoms with van der Waals surface area (Å²) in [7, 11) is 0. The van der Waals surface area contributed by atoms with Gasteiger partial charge in [-0.1, -0.05) is 42.1 Å². The summed E-state index contributed by atoms with van der Waals surface area (Å²) in [6.07, 6.45) is 1.67. The second kappa shape index (κ2) is 7.59. The van der Waals surface area contributed by atoms with Crippen molar-refractivity contribution < 1.29 is 14.0 Å². The average molecular weight is 361 g/mol. The van der Waals surface area contributed by atoms with Crippen LogP contribution in [-0.2, 0) is 4.79 Å². The number of hydrogen-bond acceptors (Lipinski definition) is 6. The molecule has 2 heterocycles. The number of nitrogens with zero attached hydrogens (tertiary/aromatic N) is 3. The van der Waals surface area contributed by atoms with Gasteiger partial charge in [0, 0.05) is 10.9 Å². The van der Waals surface area contributed by atoms with Crippen LogP contribution in [0.5, 0.6) is 0 Å².